The average Bonchev–Trinajstić information content (AvgIpc) is 2.64. The summed E-state index contributed by atoms with van der Waals surface area (Å²) in [4.78, 5) is 24.9. The summed E-state index contributed by atoms with van der Waals surface area (Å²) in [6.45, 7) is 6.73. The molecule has 0 saturated carbocycles. The van der Waals surface area contributed by atoms with Gasteiger partial charge in [-0.25, -0.2) is 8.42 Å². The van der Waals surface area contributed by atoms with Crippen LogP contribution in [0, 0.1) is 18.8 Å². The summed E-state index contributed by atoms with van der Waals surface area (Å²) < 4.78 is 31.4. The van der Waals surface area contributed by atoms with E-state index in [1.54, 1.807) is 56.3 Å². The highest BCUT2D eigenvalue weighted by Crippen LogP contribution is 2.26. The van der Waals surface area contributed by atoms with Gasteiger partial charge < -0.3 is 4.74 Å². The highest BCUT2D eigenvalue weighted by atomic mass is 32.2. The molecule has 28 heavy (non-hydrogen) atoms. The van der Waals surface area contributed by atoms with Crippen molar-refractivity contribution in [2.75, 3.05) is 5.75 Å². The first-order chi connectivity index (χ1) is 13.1. The summed E-state index contributed by atoms with van der Waals surface area (Å²) in [7, 11) is -3.76. The average molecular weight is 403 g/mol. The van der Waals surface area contributed by atoms with Crippen LogP contribution in [0.2, 0.25) is 0 Å². The Labute approximate surface area is 166 Å². The van der Waals surface area contributed by atoms with E-state index in [4.69, 9.17) is 4.74 Å². The summed E-state index contributed by atoms with van der Waals surface area (Å²) in [5.74, 6) is -2.55. The van der Waals surface area contributed by atoms with E-state index in [1.165, 1.54) is 19.1 Å². The lowest BCUT2D eigenvalue weighted by Gasteiger charge is -2.28. The quantitative estimate of drug-likeness (QED) is 0.495. The molecule has 5 nitrogen and oxygen atoms in total. The number of carbonyl (C=O) groups excluding carboxylic acids is 2. The zero-order chi connectivity index (χ0) is 20.9. The smallest absolute Gasteiger partial charge is 0.302 e. The summed E-state index contributed by atoms with van der Waals surface area (Å²) in [5, 5.41) is 0. The van der Waals surface area contributed by atoms with Crippen LogP contribution in [0.3, 0.4) is 0 Å². The molecule has 6 heteroatoms. The molecule has 0 N–H and O–H groups in total. The Kier molecular flexibility index (Phi) is 7.13. The van der Waals surface area contributed by atoms with E-state index in [0.717, 1.165) is 5.56 Å². The molecule has 0 aliphatic heterocycles. The topological polar surface area (TPSA) is 77.5 Å². The fourth-order valence-electron chi connectivity index (χ4n) is 3.09. The lowest BCUT2D eigenvalue weighted by molar-refractivity contribution is -0.150. The van der Waals surface area contributed by atoms with Gasteiger partial charge in [0.15, 0.2) is 15.6 Å². The standard InChI is InChI=1S/C22H26O5S/c1-15(2)22(27-17(4)23)20(21(24)18-8-6-5-7-9-18)14-28(25,26)19-12-10-16(3)11-13-19/h5-13,15,20,22H,14H2,1-4H3/t20-,22-/m0/s1. The van der Waals surface area contributed by atoms with E-state index >= 15 is 0 Å². The van der Waals surface area contributed by atoms with Crippen molar-refractivity contribution in [2.24, 2.45) is 11.8 Å². The van der Waals surface area contributed by atoms with Gasteiger partial charge in [0.25, 0.3) is 0 Å². The van der Waals surface area contributed by atoms with Gasteiger partial charge in [-0.05, 0) is 25.0 Å². The molecule has 0 heterocycles. The Morgan fingerprint density at radius 2 is 1.54 bits per heavy atom. The first-order valence-corrected chi connectivity index (χ1v) is 10.8. The predicted molar refractivity (Wildman–Crippen MR) is 108 cm³/mol. The SMILES string of the molecule is CC(=O)O[C@@H](C(C)C)[C@@H](CS(=O)(=O)c1ccc(C)cc1)C(=O)c1ccccc1. The van der Waals surface area contributed by atoms with E-state index in [-0.39, 0.29) is 16.6 Å². The van der Waals surface area contributed by atoms with Crippen molar-refractivity contribution in [1.29, 1.82) is 0 Å². The zero-order valence-corrected chi connectivity index (χ0v) is 17.4. The molecule has 2 atom stereocenters. The third kappa shape index (κ3) is 5.52. The van der Waals surface area contributed by atoms with E-state index in [9.17, 15) is 18.0 Å². The molecule has 0 aromatic heterocycles. The lowest BCUT2D eigenvalue weighted by Crippen LogP contribution is -2.40. The van der Waals surface area contributed by atoms with Crippen molar-refractivity contribution < 1.29 is 22.7 Å². The number of aryl methyl sites for hydroxylation is 1. The minimum absolute atomic E-state index is 0.147. The maximum Gasteiger partial charge on any atom is 0.302 e. The van der Waals surface area contributed by atoms with Crippen molar-refractivity contribution in [2.45, 2.75) is 38.7 Å². The molecule has 0 radical (unpaired) electrons. The molecule has 2 rings (SSSR count). The summed E-state index contributed by atoms with van der Waals surface area (Å²) in [6.07, 6.45) is -0.842. The Balaban J connectivity index is 2.46. The van der Waals surface area contributed by atoms with Crippen LogP contribution in [-0.2, 0) is 19.4 Å². The maximum atomic E-state index is 13.2. The molecule has 2 aromatic rings. The Hall–Kier alpha value is -2.47. The second-order valence-electron chi connectivity index (χ2n) is 7.25. The zero-order valence-electron chi connectivity index (χ0n) is 16.6. The van der Waals surface area contributed by atoms with E-state index in [2.05, 4.69) is 0 Å². The third-order valence-electron chi connectivity index (χ3n) is 4.53. The number of sulfone groups is 1. The molecule has 0 saturated heterocycles. The van der Waals surface area contributed by atoms with E-state index in [1.807, 2.05) is 6.92 Å². The molecule has 150 valence electrons. The number of esters is 1. The Bertz CT molecular complexity index is 915. The lowest BCUT2D eigenvalue weighted by atomic mass is 9.88. The van der Waals surface area contributed by atoms with Gasteiger partial charge in [-0.3, -0.25) is 9.59 Å². The molecule has 0 aliphatic rings. The van der Waals surface area contributed by atoms with Gasteiger partial charge in [-0.15, -0.1) is 0 Å². The molecule has 0 aliphatic carbocycles. The van der Waals surface area contributed by atoms with Gasteiger partial charge in [0.1, 0.15) is 6.10 Å². The molecule has 0 amide bonds. The fourth-order valence-corrected chi connectivity index (χ4v) is 4.65. The summed E-state index contributed by atoms with van der Waals surface area (Å²) in [5.41, 5.74) is 1.33. The van der Waals surface area contributed by atoms with Crippen LogP contribution in [0.1, 0.15) is 36.7 Å². The van der Waals surface area contributed by atoms with Crippen molar-refractivity contribution in [3.05, 3.63) is 65.7 Å². The molecule has 0 fully saturated rings. The van der Waals surface area contributed by atoms with Crippen molar-refractivity contribution in [1.82, 2.24) is 0 Å². The van der Waals surface area contributed by atoms with Gasteiger partial charge in [0.2, 0.25) is 0 Å². The largest absolute Gasteiger partial charge is 0.461 e. The number of carbonyl (C=O) groups is 2. The monoisotopic (exact) mass is 402 g/mol. The first kappa shape index (κ1) is 21.8. The highest BCUT2D eigenvalue weighted by molar-refractivity contribution is 7.91. The summed E-state index contributed by atoms with van der Waals surface area (Å²) >= 11 is 0. The number of ether oxygens (including phenoxy) is 1. The number of Topliss-reactive ketones (excluding diaryl/α,β-unsaturated/α-hetero) is 1. The predicted octanol–water partition coefficient (Wildman–Crippen LogP) is 3.86. The maximum absolute atomic E-state index is 13.2. The van der Waals surface area contributed by atoms with Crippen LogP contribution < -0.4 is 0 Å². The molecular weight excluding hydrogens is 376 g/mol. The Morgan fingerprint density at radius 3 is 2.04 bits per heavy atom. The van der Waals surface area contributed by atoms with Crippen molar-refractivity contribution in [3.8, 4) is 0 Å². The van der Waals surface area contributed by atoms with Crippen LogP contribution >= 0.6 is 0 Å². The second-order valence-corrected chi connectivity index (χ2v) is 9.28. The van der Waals surface area contributed by atoms with E-state index in [0.29, 0.717) is 5.56 Å². The molecule has 0 unspecified atom stereocenters. The van der Waals surface area contributed by atoms with Crippen LogP contribution in [0.5, 0.6) is 0 Å². The second kappa shape index (κ2) is 9.15. The first-order valence-electron chi connectivity index (χ1n) is 9.17. The van der Waals surface area contributed by atoms with Gasteiger partial charge in [-0.1, -0.05) is 61.9 Å². The van der Waals surface area contributed by atoms with Crippen LogP contribution in [0.25, 0.3) is 0 Å². The van der Waals surface area contributed by atoms with Crippen LogP contribution in [-0.4, -0.2) is 32.0 Å². The van der Waals surface area contributed by atoms with Gasteiger partial charge >= 0.3 is 5.97 Å². The van der Waals surface area contributed by atoms with Crippen LogP contribution in [0.15, 0.2) is 59.5 Å². The molecule has 0 bridgehead atoms. The van der Waals surface area contributed by atoms with Crippen molar-refractivity contribution >= 4 is 21.6 Å². The minimum atomic E-state index is -3.76. The number of hydrogen-bond acceptors (Lipinski definition) is 5. The third-order valence-corrected chi connectivity index (χ3v) is 6.32. The number of rotatable bonds is 8. The molecular formula is C22H26O5S. The number of benzene rings is 2. The van der Waals surface area contributed by atoms with Gasteiger partial charge in [0.05, 0.1) is 16.6 Å². The van der Waals surface area contributed by atoms with Crippen LogP contribution in [0.4, 0.5) is 0 Å². The number of hydrogen-bond donors (Lipinski definition) is 0. The number of ketones is 1. The normalized spacial score (nSPS) is 13.8. The van der Waals surface area contributed by atoms with E-state index < -0.39 is 33.6 Å². The highest BCUT2D eigenvalue weighted by Gasteiger charge is 2.37. The van der Waals surface area contributed by atoms with Gasteiger partial charge in [-0.2, -0.15) is 0 Å². The molecule has 2 aromatic carbocycles. The van der Waals surface area contributed by atoms with Crippen molar-refractivity contribution in [3.63, 3.8) is 0 Å². The van der Waals surface area contributed by atoms with Gasteiger partial charge in [0, 0.05) is 12.5 Å². The summed E-state index contributed by atoms with van der Waals surface area (Å²) in [6, 6.07) is 15.0. The minimum Gasteiger partial charge on any atom is -0.461 e. The fraction of sp³-hybridized carbons (Fsp3) is 0.364. The molecule has 0 spiro atoms. The Morgan fingerprint density at radius 1 is 0.964 bits per heavy atom.